The zero-order valence-electron chi connectivity index (χ0n) is 38.2. The lowest BCUT2D eigenvalue weighted by Gasteiger charge is -2.51. The third-order valence-corrected chi connectivity index (χ3v) is 12.1. The fraction of sp³-hybridized carbons (Fsp3) is 0.897. The van der Waals surface area contributed by atoms with Crippen LogP contribution < -0.4 is 16.0 Å². The summed E-state index contributed by atoms with van der Waals surface area (Å²) in [5.74, 6) is -7.67. The number of amides is 3. The van der Waals surface area contributed by atoms with Crippen molar-refractivity contribution in [3.05, 3.63) is 0 Å². The number of carbonyl (C=O) groups is 4. The SMILES string of the molecule is CC(=O)N[C@H]1[C@H](O[C@@H]([C@@H](O)[C@H](O)CO[C@]2(C(=O)O)C[C@H](O)[C@@H](NC(C)=O)[C@H]([C@H](O)[C@H](O)CO)O2)[C@H](CO)NC(C)=O)O[C@H](CO)[C@@H](O[C@@H]2O[C@H](CO)[C@H](O)[C@H](O)[C@H]2O)[C@@H]1O[C@@H]1O[C@@H](C)[C@@H](O)[C@@H](O)[C@@H]1O. The monoisotopic (exact) mass is 1030 g/mol. The van der Waals surface area contributed by atoms with Crippen LogP contribution in [0.5, 0.6) is 0 Å². The van der Waals surface area contributed by atoms with E-state index in [0.717, 1.165) is 20.8 Å². The molecule has 0 unspecified atom stereocenters. The third kappa shape index (κ3) is 13.8. The summed E-state index contributed by atoms with van der Waals surface area (Å²) in [7, 11) is 0. The molecule has 0 radical (unpaired) electrons. The molecule has 4 saturated heterocycles. The van der Waals surface area contributed by atoms with Crippen LogP contribution in [0.1, 0.15) is 34.1 Å². The third-order valence-electron chi connectivity index (χ3n) is 12.1. The second kappa shape index (κ2) is 25.8. The molecule has 4 aliphatic rings. The topological polar surface area (TPSA) is 502 Å². The Balaban J connectivity index is 1.76. The normalized spacial score (nSPS) is 40.7. The van der Waals surface area contributed by atoms with E-state index in [1.54, 1.807) is 0 Å². The van der Waals surface area contributed by atoms with Gasteiger partial charge in [0.1, 0.15) is 104 Å². The van der Waals surface area contributed by atoms with E-state index in [-0.39, 0.29) is 0 Å². The van der Waals surface area contributed by atoms with Crippen molar-refractivity contribution in [2.45, 2.75) is 187 Å². The summed E-state index contributed by atoms with van der Waals surface area (Å²) >= 11 is 0. The summed E-state index contributed by atoms with van der Waals surface area (Å²) in [5.41, 5.74) is 0. The van der Waals surface area contributed by atoms with Gasteiger partial charge in [0.25, 0.3) is 5.79 Å². The number of hydrogen-bond acceptors (Lipinski definition) is 27. The molecule has 25 atom stereocenters. The van der Waals surface area contributed by atoms with Gasteiger partial charge in [-0.2, -0.15) is 0 Å². The van der Waals surface area contributed by atoms with Crippen LogP contribution in [-0.4, -0.2) is 291 Å². The van der Waals surface area contributed by atoms with Crippen LogP contribution in [0.2, 0.25) is 0 Å². The average molecular weight is 1030 g/mol. The number of aliphatic carboxylic acids is 1. The summed E-state index contributed by atoms with van der Waals surface area (Å²) in [6, 6.07) is -5.27. The van der Waals surface area contributed by atoms with Crippen LogP contribution >= 0.6 is 0 Å². The van der Waals surface area contributed by atoms with Crippen molar-refractivity contribution in [1.29, 1.82) is 0 Å². The molecule has 0 aromatic heterocycles. The minimum atomic E-state index is -3.05. The maximum Gasteiger partial charge on any atom is 0.364 e. The number of nitrogens with one attached hydrogen (secondary N) is 3. The molecule has 0 bridgehead atoms. The van der Waals surface area contributed by atoms with Crippen molar-refractivity contribution in [2.75, 3.05) is 33.0 Å². The fourth-order valence-corrected chi connectivity index (χ4v) is 8.37. The van der Waals surface area contributed by atoms with Gasteiger partial charge in [-0.1, -0.05) is 0 Å². The molecule has 0 aliphatic carbocycles. The van der Waals surface area contributed by atoms with Crippen LogP contribution in [0.25, 0.3) is 0 Å². The van der Waals surface area contributed by atoms with Gasteiger partial charge in [0, 0.05) is 27.2 Å². The maximum atomic E-state index is 12.9. The van der Waals surface area contributed by atoms with Gasteiger partial charge in [0.05, 0.1) is 57.3 Å². The fourth-order valence-electron chi connectivity index (χ4n) is 8.37. The molecule has 4 heterocycles. The summed E-state index contributed by atoms with van der Waals surface area (Å²) in [6.07, 6.45) is -42.4. The van der Waals surface area contributed by atoms with Crippen molar-refractivity contribution >= 4 is 23.7 Å². The van der Waals surface area contributed by atoms with Crippen LogP contribution in [0.3, 0.4) is 0 Å². The predicted molar refractivity (Wildman–Crippen MR) is 219 cm³/mol. The van der Waals surface area contributed by atoms with E-state index < -0.39 is 216 Å². The number of carboxylic acid groups (broad SMARTS) is 1. The molecule has 70 heavy (non-hydrogen) atoms. The standard InChI is InChI=1S/C39H67N3O28/c1-11-23(53)27(57)29(59)36(64-11)69-34-22(42-14(4)49)35(66-20(9-46)32(34)68-37-30(60)28(58)26(56)19(8-45)65-37)67-31(15(6-43)40-12(2)47)25(55)18(52)10-63-39(38(61)62)5-16(50)21(41-13(3)48)33(70-39)24(54)17(51)7-44/h11,15-37,43-46,50-60H,5-10H2,1-4H3,(H,40,47)(H,41,48)(H,42,49)(H,61,62)/t11-,15-,16-,17+,18+,19+,20+,21+,22+,23+,24+,25-,26-,27+,28-,29-,30+,31+,32+,33+,34+,35-,36-,37-,39+/m0/s1. The zero-order chi connectivity index (χ0) is 52.7. The van der Waals surface area contributed by atoms with Crippen molar-refractivity contribution in [1.82, 2.24) is 16.0 Å². The number of carbonyl (C=O) groups excluding carboxylic acids is 3. The highest BCUT2D eigenvalue weighted by molar-refractivity contribution is 5.76. The highest BCUT2D eigenvalue weighted by Crippen LogP contribution is 2.37. The average Bonchev–Trinajstić information content (AvgIpc) is 3.31. The number of aliphatic hydroxyl groups is 15. The predicted octanol–water partition coefficient (Wildman–Crippen LogP) is -11.6. The zero-order valence-corrected chi connectivity index (χ0v) is 38.2. The van der Waals surface area contributed by atoms with Crippen molar-refractivity contribution in [3.63, 3.8) is 0 Å². The van der Waals surface area contributed by atoms with E-state index in [9.17, 15) is 101 Å². The molecule has 0 aromatic rings. The highest BCUT2D eigenvalue weighted by atomic mass is 16.8. The Morgan fingerprint density at radius 1 is 0.657 bits per heavy atom. The molecular formula is C39H67N3O28. The largest absolute Gasteiger partial charge is 0.477 e. The molecule has 4 aliphatic heterocycles. The van der Waals surface area contributed by atoms with Crippen molar-refractivity contribution < 1.29 is 139 Å². The molecule has 0 aromatic carbocycles. The molecule has 0 saturated carbocycles. The van der Waals surface area contributed by atoms with Gasteiger partial charge in [0.15, 0.2) is 18.9 Å². The van der Waals surface area contributed by atoms with E-state index in [2.05, 4.69) is 16.0 Å². The van der Waals surface area contributed by atoms with Gasteiger partial charge < -0.3 is 136 Å². The van der Waals surface area contributed by atoms with Crippen LogP contribution in [0.4, 0.5) is 0 Å². The lowest BCUT2D eigenvalue weighted by molar-refractivity contribution is -0.377. The van der Waals surface area contributed by atoms with E-state index in [1.165, 1.54) is 6.92 Å². The lowest BCUT2D eigenvalue weighted by atomic mass is 9.88. The van der Waals surface area contributed by atoms with E-state index in [1.807, 2.05) is 0 Å². The van der Waals surface area contributed by atoms with Crippen molar-refractivity contribution in [2.24, 2.45) is 0 Å². The van der Waals surface area contributed by atoms with E-state index >= 15 is 0 Å². The summed E-state index contributed by atoms with van der Waals surface area (Å²) in [5, 5.41) is 177. The van der Waals surface area contributed by atoms with Gasteiger partial charge in [-0.15, -0.1) is 0 Å². The minimum absolute atomic E-state index is 0.801. The van der Waals surface area contributed by atoms with Gasteiger partial charge in [-0.25, -0.2) is 4.79 Å². The summed E-state index contributed by atoms with van der Waals surface area (Å²) in [6.45, 7) is -1.37. The molecule has 31 nitrogen and oxygen atoms in total. The second-order valence-electron chi connectivity index (χ2n) is 17.4. The van der Waals surface area contributed by atoms with Crippen LogP contribution in [0, 0.1) is 0 Å². The molecule has 406 valence electrons. The molecule has 19 N–H and O–H groups in total. The number of rotatable bonds is 22. The number of aliphatic hydroxyl groups excluding tert-OH is 15. The Morgan fingerprint density at radius 2 is 1.20 bits per heavy atom. The highest BCUT2D eigenvalue weighted by Gasteiger charge is 2.58. The minimum Gasteiger partial charge on any atom is -0.477 e. The first-order valence-electron chi connectivity index (χ1n) is 22.0. The first-order valence-corrected chi connectivity index (χ1v) is 22.0. The van der Waals surface area contributed by atoms with Gasteiger partial charge >= 0.3 is 5.97 Å². The van der Waals surface area contributed by atoms with E-state index in [0.29, 0.717) is 0 Å². The first kappa shape index (κ1) is 59.5. The van der Waals surface area contributed by atoms with Crippen LogP contribution in [-0.2, 0) is 57.1 Å². The summed E-state index contributed by atoms with van der Waals surface area (Å²) in [4.78, 5) is 50.1. The number of hydrogen-bond donors (Lipinski definition) is 19. The molecule has 4 rings (SSSR count). The molecule has 31 heteroatoms. The Bertz CT molecular complexity index is 1710. The number of ether oxygens (including phenoxy) is 8. The van der Waals surface area contributed by atoms with Gasteiger partial charge in [-0.05, 0) is 6.92 Å². The Labute approximate surface area is 397 Å². The van der Waals surface area contributed by atoms with E-state index in [4.69, 9.17) is 37.9 Å². The molecular weight excluding hydrogens is 958 g/mol. The van der Waals surface area contributed by atoms with Crippen molar-refractivity contribution in [3.8, 4) is 0 Å². The van der Waals surface area contributed by atoms with Gasteiger partial charge in [0.2, 0.25) is 17.7 Å². The maximum absolute atomic E-state index is 12.9. The first-order chi connectivity index (χ1) is 32.8. The van der Waals surface area contributed by atoms with Crippen LogP contribution in [0.15, 0.2) is 0 Å². The molecule has 3 amide bonds. The Hall–Kier alpha value is -3.04. The Morgan fingerprint density at radius 3 is 1.73 bits per heavy atom. The Kier molecular flexibility index (Phi) is 21.9. The molecule has 4 fully saturated rings. The number of carboxylic acids is 1. The lowest BCUT2D eigenvalue weighted by Crippen LogP contribution is -2.71. The second-order valence-corrected chi connectivity index (χ2v) is 17.4. The smallest absolute Gasteiger partial charge is 0.364 e. The quantitative estimate of drug-likeness (QED) is 0.0479. The van der Waals surface area contributed by atoms with Gasteiger partial charge in [-0.3, -0.25) is 14.4 Å². The summed E-state index contributed by atoms with van der Waals surface area (Å²) < 4.78 is 46.3. The molecule has 0 spiro atoms.